The largest absolute Gasteiger partial charge is 0.361 e. The number of ketones is 1. The summed E-state index contributed by atoms with van der Waals surface area (Å²) in [4.78, 5) is 11.3. The fraction of sp³-hybridized carbons (Fsp3) is 0.900. The Morgan fingerprint density at radius 3 is 2.47 bits per heavy atom. The topological polar surface area (TPSA) is 65.0 Å². The van der Waals surface area contributed by atoms with E-state index in [4.69, 9.17) is 14.2 Å². The Kier molecular flexibility index (Phi) is 2.05. The van der Waals surface area contributed by atoms with Crippen LogP contribution in [0.15, 0.2) is 0 Å². The molecule has 0 amide bonds. The fourth-order valence-electron chi connectivity index (χ4n) is 2.19. The molecule has 0 unspecified atom stereocenters. The zero-order valence-corrected chi connectivity index (χ0v) is 9.36. The standard InChI is InChI=1S/C10H16O5/c1-6-5-10(12)9(4,13-6)14-8(3,15-10)7(2)11/h6,12H,5H2,1-4H3/t6-,8+,9+,10+/m0/s1. The van der Waals surface area contributed by atoms with Gasteiger partial charge in [-0.2, -0.15) is 0 Å². The Bertz CT molecular complexity index is 295. The molecule has 2 aliphatic heterocycles. The lowest BCUT2D eigenvalue weighted by Gasteiger charge is -2.26. The van der Waals surface area contributed by atoms with E-state index in [0.717, 1.165) is 0 Å². The fourth-order valence-corrected chi connectivity index (χ4v) is 2.19. The van der Waals surface area contributed by atoms with E-state index in [1.54, 1.807) is 6.92 Å². The number of hydrogen-bond donors (Lipinski definition) is 1. The third kappa shape index (κ3) is 1.34. The molecule has 86 valence electrons. The quantitative estimate of drug-likeness (QED) is 0.693. The van der Waals surface area contributed by atoms with Gasteiger partial charge in [-0.1, -0.05) is 0 Å². The highest BCUT2D eigenvalue weighted by Gasteiger charge is 2.69. The molecule has 2 heterocycles. The van der Waals surface area contributed by atoms with Crippen LogP contribution in [-0.4, -0.2) is 34.4 Å². The van der Waals surface area contributed by atoms with Crippen molar-refractivity contribution in [3.8, 4) is 0 Å². The van der Waals surface area contributed by atoms with Crippen molar-refractivity contribution in [1.29, 1.82) is 0 Å². The number of ether oxygens (including phenoxy) is 3. The van der Waals surface area contributed by atoms with Gasteiger partial charge < -0.3 is 19.3 Å². The summed E-state index contributed by atoms with van der Waals surface area (Å²) in [7, 11) is 0. The van der Waals surface area contributed by atoms with E-state index in [9.17, 15) is 9.90 Å². The Labute approximate surface area is 88.3 Å². The van der Waals surface area contributed by atoms with Gasteiger partial charge in [-0.3, -0.25) is 4.79 Å². The zero-order valence-electron chi connectivity index (χ0n) is 9.36. The van der Waals surface area contributed by atoms with Gasteiger partial charge in [-0.05, 0) is 20.8 Å². The van der Waals surface area contributed by atoms with Gasteiger partial charge in [0.05, 0.1) is 6.10 Å². The van der Waals surface area contributed by atoms with Gasteiger partial charge in [0.1, 0.15) is 0 Å². The van der Waals surface area contributed by atoms with Crippen LogP contribution in [0, 0.1) is 0 Å². The van der Waals surface area contributed by atoms with E-state index >= 15 is 0 Å². The van der Waals surface area contributed by atoms with E-state index in [1.165, 1.54) is 13.8 Å². The summed E-state index contributed by atoms with van der Waals surface area (Å²) >= 11 is 0. The van der Waals surface area contributed by atoms with Crippen LogP contribution in [-0.2, 0) is 19.0 Å². The second kappa shape index (κ2) is 2.79. The minimum atomic E-state index is -1.53. The van der Waals surface area contributed by atoms with Gasteiger partial charge in [-0.15, -0.1) is 0 Å². The van der Waals surface area contributed by atoms with Crippen LogP contribution >= 0.6 is 0 Å². The summed E-state index contributed by atoms with van der Waals surface area (Å²) < 4.78 is 16.3. The average Bonchev–Trinajstić information content (AvgIpc) is 2.29. The molecule has 1 N–H and O–H groups in total. The molecule has 2 saturated heterocycles. The molecule has 2 fully saturated rings. The van der Waals surface area contributed by atoms with Gasteiger partial charge in [0.15, 0.2) is 5.78 Å². The summed E-state index contributed by atoms with van der Waals surface area (Å²) in [6.07, 6.45) is 0.142. The van der Waals surface area contributed by atoms with Gasteiger partial charge >= 0.3 is 0 Å². The van der Waals surface area contributed by atoms with Crippen molar-refractivity contribution in [3.05, 3.63) is 0 Å². The summed E-state index contributed by atoms with van der Waals surface area (Å²) in [6, 6.07) is 0. The molecule has 0 bridgehead atoms. The number of aliphatic hydroxyl groups is 1. The van der Waals surface area contributed by atoms with Crippen molar-refractivity contribution in [1.82, 2.24) is 0 Å². The van der Waals surface area contributed by atoms with E-state index in [1.807, 2.05) is 6.92 Å². The van der Waals surface area contributed by atoms with E-state index in [2.05, 4.69) is 0 Å². The summed E-state index contributed by atoms with van der Waals surface area (Å²) in [5.74, 6) is -4.49. The van der Waals surface area contributed by atoms with E-state index in [0.29, 0.717) is 6.42 Å². The molecule has 0 saturated carbocycles. The van der Waals surface area contributed by atoms with Crippen molar-refractivity contribution in [2.24, 2.45) is 0 Å². The van der Waals surface area contributed by atoms with Crippen molar-refractivity contribution >= 4 is 5.78 Å². The maximum absolute atomic E-state index is 11.3. The smallest absolute Gasteiger partial charge is 0.231 e. The Balaban J connectivity index is 2.32. The van der Waals surface area contributed by atoms with Crippen LogP contribution in [0.4, 0.5) is 0 Å². The van der Waals surface area contributed by atoms with E-state index < -0.39 is 17.4 Å². The van der Waals surface area contributed by atoms with Gasteiger partial charge in [0.25, 0.3) is 0 Å². The molecule has 0 aromatic heterocycles. The highest BCUT2D eigenvalue weighted by atomic mass is 16.9. The first kappa shape index (κ1) is 11.0. The highest BCUT2D eigenvalue weighted by Crippen LogP contribution is 2.51. The maximum atomic E-state index is 11.3. The summed E-state index contributed by atoms with van der Waals surface area (Å²) in [6.45, 7) is 6.26. The monoisotopic (exact) mass is 216 g/mol. The van der Waals surface area contributed by atoms with Gasteiger partial charge in [0.2, 0.25) is 17.4 Å². The third-order valence-corrected chi connectivity index (χ3v) is 3.09. The Morgan fingerprint density at radius 1 is 1.40 bits per heavy atom. The molecule has 4 atom stereocenters. The first-order chi connectivity index (χ1) is 6.71. The molecule has 2 rings (SSSR count). The molecule has 0 aromatic rings. The molecule has 0 aliphatic carbocycles. The number of rotatable bonds is 1. The summed E-state index contributed by atoms with van der Waals surface area (Å²) in [5, 5.41) is 10.2. The van der Waals surface area contributed by atoms with E-state index in [-0.39, 0.29) is 11.9 Å². The molecule has 15 heavy (non-hydrogen) atoms. The molecule has 0 radical (unpaired) electrons. The first-order valence-electron chi connectivity index (χ1n) is 5.02. The lowest BCUT2D eigenvalue weighted by atomic mass is 10.1. The van der Waals surface area contributed by atoms with Crippen LogP contribution in [0.2, 0.25) is 0 Å². The average molecular weight is 216 g/mol. The lowest BCUT2D eigenvalue weighted by Crippen LogP contribution is -2.45. The molecular weight excluding hydrogens is 200 g/mol. The highest BCUT2D eigenvalue weighted by molar-refractivity contribution is 5.83. The Hall–Kier alpha value is -0.490. The second-order valence-corrected chi connectivity index (χ2v) is 4.57. The molecule has 0 spiro atoms. The first-order valence-corrected chi connectivity index (χ1v) is 5.02. The minimum absolute atomic E-state index is 0.156. The predicted octanol–water partition coefficient (Wildman–Crippen LogP) is 0.552. The SMILES string of the molecule is CC(=O)[C@]1(C)O[C@@]2(C)O[C@@H](C)C[C@@]2(O)O1. The van der Waals surface area contributed by atoms with Crippen LogP contribution in [0.25, 0.3) is 0 Å². The van der Waals surface area contributed by atoms with Gasteiger partial charge in [-0.25, -0.2) is 0 Å². The number of Topliss-reactive ketones (excluding diaryl/α,β-unsaturated/α-hetero) is 1. The Morgan fingerprint density at radius 2 is 2.00 bits per heavy atom. The van der Waals surface area contributed by atoms with Crippen molar-refractivity contribution in [2.45, 2.75) is 57.6 Å². The van der Waals surface area contributed by atoms with Crippen LogP contribution in [0.3, 0.4) is 0 Å². The lowest BCUT2D eigenvalue weighted by molar-refractivity contribution is -0.260. The normalized spacial score (nSPS) is 54.3. The zero-order chi connectivity index (χ0) is 11.5. The maximum Gasteiger partial charge on any atom is 0.231 e. The molecule has 5 heteroatoms. The number of carbonyl (C=O) groups excluding carboxylic acids is 1. The predicted molar refractivity (Wildman–Crippen MR) is 49.8 cm³/mol. The minimum Gasteiger partial charge on any atom is -0.361 e. The molecule has 5 nitrogen and oxygen atoms in total. The van der Waals surface area contributed by atoms with Crippen LogP contribution < -0.4 is 0 Å². The molecule has 0 aromatic carbocycles. The molecule has 2 aliphatic rings. The third-order valence-electron chi connectivity index (χ3n) is 3.09. The van der Waals surface area contributed by atoms with Crippen molar-refractivity contribution in [3.63, 3.8) is 0 Å². The van der Waals surface area contributed by atoms with Crippen LogP contribution in [0.5, 0.6) is 0 Å². The van der Waals surface area contributed by atoms with Gasteiger partial charge in [0, 0.05) is 13.3 Å². The number of fused-ring (bicyclic) bond motifs is 1. The van der Waals surface area contributed by atoms with Crippen molar-refractivity contribution < 1.29 is 24.1 Å². The van der Waals surface area contributed by atoms with Crippen LogP contribution in [0.1, 0.15) is 34.1 Å². The molecular formula is C10H16O5. The number of hydrogen-bond acceptors (Lipinski definition) is 5. The second-order valence-electron chi connectivity index (χ2n) is 4.57. The number of carbonyl (C=O) groups is 1. The van der Waals surface area contributed by atoms with Crippen molar-refractivity contribution in [2.75, 3.05) is 0 Å². The summed E-state index contributed by atoms with van der Waals surface area (Å²) in [5.41, 5.74) is 0.